The maximum Gasteiger partial charge on any atom is 0.267 e. The summed E-state index contributed by atoms with van der Waals surface area (Å²) in [6.07, 6.45) is 2.49. The van der Waals surface area contributed by atoms with Crippen LogP contribution in [0.15, 0.2) is 6.07 Å². The number of carbonyl (C=O) groups excluding carboxylic acids is 1. The summed E-state index contributed by atoms with van der Waals surface area (Å²) in [6.45, 7) is 5.59. The van der Waals surface area contributed by atoms with Crippen molar-refractivity contribution in [1.82, 2.24) is 9.99 Å². The Morgan fingerprint density at radius 1 is 1.65 bits per heavy atom. The summed E-state index contributed by atoms with van der Waals surface area (Å²) >= 11 is 0. The molecule has 1 atom stereocenters. The van der Waals surface area contributed by atoms with E-state index in [0.717, 1.165) is 37.4 Å². The molecule has 5 heteroatoms. The number of rotatable bonds is 3. The molecule has 0 aromatic carbocycles. The number of ether oxygens (including phenoxy) is 1. The number of hydrazine groups is 1. The lowest BCUT2D eigenvalue weighted by molar-refractivity contribution is 0.0939. The third-order valence-corrected chi connectivity index (χ3v) is 3.36. The highest BCUT2D eigenvalue weighted by molar-refractivity contribution is 5.95. The van der Waals surface area contributed by atoms with E-state index in [2.05, 4.69) is 9.99 Å². The summed E-state index contributed by atoms with van der Waals surface area (Å²) in [4.78, 5) is 11.6. The van der Waals surface area contributed by atoms with Gasteiger partial charge in [-0.15, -0.1) is 0 Å². The predicted octanol–water partition coefficient (Wildman–Crippen LogP) is 0.887. The van der Waals surface area contributed by atoms with E-state index in [0.29, 0.717) is 5.56 Å². The molecule has 5 nitrogen and oxygen atoms in total. The Morgan fingerprint density at radius 3 is 3.00 bits per heavy atom. The number of nitrogens with zero attached hydrogens (tertiary/aromatic N) is 1. The normalized spacial score (nSPS) is 19.6. The molecule has 1 aliphatic rings. The fourth-order valence-corrected chi connectivity index (χ4v) is 2.38. The van der Waals surface area contributed by atoms with Gasteiger partial charge in [0.25, 0.3) is 5.91 Å². The van der Waals surface area contributed by atoms with Crippen molar-refractivity contribution < 1.29 is 9.53 Å². The van der Waals surface area contributed by atoms with Crippen LogP contribution in [-0.2, 0) is 11.3 Å². The number of hydrogen-bond acceptors (Lipinski definition) is 3. The first kappa shape index (κ1) is 12.1. The van der Waals surface area contributed by atoms with Crippen LogP contribution in [0.25, 0.3) is 0 Å². The number of nitrogen functional groups attached to an aromatic ring is 1. The lowest BCUT2D eigenvalue weighted by Crippen LogP contribution is -2.30. The number of aryl methyl sites for hydroxylation is 1. The van der Waals surface area contributed by atoms with E-state index in [-0.39, 0.29) is 12.0 Å². The van der Waals surface area contributed by atoms with Crippen LogP contribution in [0.4, 0.5) is 0 Å². The molecule has 1 aliphatic heterocycles. The van der Waals surface area contributed by atoms with Gasteiger partial charge in [-0.2, -0.15) is 0 Å². The minimum Gasteiger partial charge on any atom is -0.376 e. The van der Waals surface area contributed by atoms with Crippen LogP contribution >= 0.6 is 0 Å². The zero-order chi connectivity index (χ0) is 12.4. The average Bonchev–Trinajstić information content (AvgIpc) is 2.91. The van der Waals surface area contributed by atoms with Gasteiger partial charge in [0.05, 0.1) is 11.7 Å². The Balaban J connectivity index is 2.21. The topological polar surface area (TPSA) is 69.3 Å². The third-order valence-electron chi connectivity index (χ3n) is 3.36. The molecule has 0 saturated carbocycles. The second-order valence-electron chi connectivity index (χ2n) is 4.50. The van der Waals surface area contributed by atoms with Crippen molar-refractivity contribution in [2.75, 3.05) is 6.61 Å². The predicted molar refractivity (Wildman–Crippen MR) is 64.5 cm³/mol. The van der Waals surface area contributed by atoms with Gasteiger partial charge in [-0.1, -0.05) is 0 Å². The molecular weight excluding hydrogens is 218 g/mol. The second-order valence-corrected chi connectivity index (χ2v) is 4.50. The molecule has 0 spiro atoms. The van der Waals surface area contributed by atoms with Gasteiger partial charge in [0, 0.05) is 24.5 Å². The fraction of sp³-hybridized carbons (Fsp3) is 0.583. The molecule has 0 bridgehead atoms. The molecule has 1 aromatic heterocycles. The van der Waals surface area contributed by atoms with Crippen LogP contribution in [0.1, 0.15) is 34.6 Å². The van der Waals surface area contributed by atoms with Crippen LogP contribution in [0, 0.1) is 13.8 Å². The highest BCUT2D eigenvalue weighted by Gasteiger charge is 2.20. The largest absolute Gasteiger partial charge is 0.376 e. The SMILES string of the molecule is Cc1cc(C(=O)NN)c(C)n1C[C@H]1CCCO1. The minimum atomic E-state index is -0.239. The zero-order valence-corrected chi connectivity index (χ0v) is 10.3. The lowest BCUT2D eigenvalue weighted by atomic mass is 10.2. The van der Waals surface area contributed by atoms with E-state index < -0.39 is 0 Å². The number of nitrogens with two attached hydrogens (primary N) is 1. The molecule has 3 N–H and O–H groups in total. The van der Waals surface area contributed by atoms with Crippen molar-refractivity contribution in [3.05, 3.63) is 23.0 Å². The average molecular weight is 237 g/mol. The molecule has 1 fully saturated rings. The van der Waals surface area contributed by atoms with Crippen LogP contribution in [0.2, 0.25) is 0 Å². The molecule has 0 unspecified atom stereocenters. The van der Waals surface area contributed by atoms with Crippen molar-refractivity contribution in [2.24, 2.45) is 5.84 Å². The smallest absolute Gasteiger partial charge is 0.267 e. The number of nitrogens with one attached hydrogen (secondary N) is 1. The summed E-state index contributed by atoms with van der Waals surface area (Å²) < 4.78 is 7.74. The summed E-state index contributed by atoms with van der Waals surface area (Å²) in [5.74, 6) is 4.92. The molecule has 1 aromatic rings. The molecule has 0 aliphatic carbocycles. The minimum absolute atomic E-state index is 0.239. The van der Waals surface area contributed by atoms with E-state index in [4.69, 9.17) is 10.6 Å². The lowest BCUT2D eigenvalue weighted by Gasteiger charge is -2.14. The summed E-state index contributed by atoms with van der Waals surface area (Å²) in [5, 5.41) is 0. The summed E-state index contributed by atoms with van der Waals surface area (Å²) in [7, 11) is 0. The van der Waals surface area contributed by atoms with Gasteiger partial charge in [0.1, 0.15) is 0 Å². The molecule has 1 saturated heterocycles. The van der Waals surface area contributed by atoms with Crippen LogP contribution in [-0.4, -0.2) is 23.2 Å². The monoisotopic (exact) mass is 237 g/mol. The number of aromatic nitrogens is 1. The molecular formula is C12H19N3O2. The first-order chi connectivity index (χ1) is 8.13. The van der Waals surface area contributed by atoms with Gasteiger partial charge < -0.3 is 9.30 Å². The second kappa shape index (κ2) is 4.89. The number of carbonyl (C=O) groups is 1. The number of amides is 1. The maximum atomic E-state index is 11.6. The Bertz CT molecular complexity index is 420. The van der Waals surface area contributed by atoms with Gasteiger partial charge in [-0.05, 0) is 32.8 Å². The Labute approximate surface area is 101 Å². The van der Waals surface area contributed by atoms with Gasteiger partial charge in [-0.3, -0.25) is 10.2 Å². The van der Waals surface area contributed by atoms with Crippen molar-refractivity contribution >= 4 is 5.91 Å². The summed E-state index contributed by atoms with van der Waals surface area (Å²) in [6, 6.07) is 1.87. The van der Waals surface area contributed by atoms with E-state index in [9.17, 15) is 4.79 Å². The van der Waals surface area contributed by atoms with E-state index in [1.807, 2.05) is 19.9 Å². The highest BCUT2D eigenvalue weighted by Crippen LogP contribution is 2.20. The van der Waals surface area contributed by atoms with Gasteiger partial charge in [-0.25, -0.2) is 5.84 Å². The highest BCUT2D eigenvalue weighted by atomic mass is 16.5. The van der Waals surface area contributed by atoms with Gasteiger partial charge in [0.2, 0.25) is 0 Å². The van der Waals surface area contributed by atoms with E-state index >= 15 is 0 Å². The molecule has 94 valence electrons. The third kappa shape index (κ3) is 2.35. The Hall–Kier alpha value is -1.33. The Morgan fingerprint density at radius 2 is 2.41 bits per heavy atom. The van der Waals surface area contributed by atoms with Gasteiger partial charge in [0.15, 0.2) is 0 Å². The van der Waals surface area contributed by atoms with Crippen molar-refractivity contribution in [3.8, 4) is 0 Å². The van der Waals surface area contributed by atoms with E-state index in [1.54, 1.807) is 0 Å². The fourth-order valence-electron chi connectivity index (χ4n) is 2.38. The van der Waals surface area contributed by atoms with Crippen molar-refractivity contribution in [2.45, 2.75) is 39.3 Å². The van der Waals surface area contributed by atoms with Gasteiger partial charge >= 0.3 is 0 Å². The van der Waals surface area contributed by atoms with Crippen molar-refractivity contribution in [3.63, 3.8) is 0 Å². The zero-order valence-electron chi connectivity index (χ0n) is 10.3. The molecule has 2 heterocycles. The molecule has 0 radical (unpaired) electrons. The van der Waals surface area contributed by atoms with Crippen molar-refractivity contribution in [1.29, 1.82) is 0 Å². The van der Waals surface area contributed by atoms with Crippen LogP contribution in [0.5, 0.6) is 0 Å². The molecule has 1 amide bonds. The molecule has 2 rings (SSSR count). The van der Waals surface area contributed by atoms with Crippen LogP contribution < -0.4 is 11.3 Å². The molecule has 17 heavy (non-hydrogen) atoms. The standard InChI is InChI=1S/C12H19N3O2/c1-8-6-11(12(16)14-13)9(2)15(8)7-10-4-3-5-17-10/h6,10H,3-5,7,13H2,1-2H3,(H,14,16)/t10-/m1/s1. The first-order valence-corrected chi connectivity index (χ1v) is 5.92. The number of hydrogen-bond donors (Lipinski definition) is 2. The van der Waals surface area contributed by atoms with E-state index in [1.165, 1.54) is 0 Å². The quantitative estimate of drug-likeness (QED) is 0.466. The Kier molecular flexibility index (Phi) is 3.49. The first-order valence-electron chi connectivity index (χ1n) is 5.92. The maximum absolute atomic E-state index is 11.6. The van der Waals surface area contributed by atoms with Crippen LogP contribution in [0.3, 0.4) is 0 Å². The summed E-state index contributed by atoms with van der Waals surface area (Å²) in [5.41, 5.74) is 4.83.